The molecule has 0 aliphatic carbocycles. The number of rotatable bonds is 0. The van der Waals surface area contributed by atoms with Crippen molar-refractivity contribution in [2.45, 2.75) is 24.3 Å². The summed E-state index contributed by atoms with van der Waals surface area (Å²) in [7, 11) is 0. The van der Waals surface area contributed by atoms with E-state index in [-0.39, 0.29) is 43.7 Å². The van der Waals surface area contributed by atoms with E-state index in [0.717, 1.165) is 0 Å². The standard InChI is InChI=1S/C4H9.2ClH.Li.Mg/c1-4(2)3;;;;/h1-3H3;2*1H;;/q;;;2*+1/p-2. The second kappa shape index (κ2) is 8.94. The molecule has 0 rings (SSSR count). The molecule has 0 aliphatic heterocycles. The molecule has 8 heavy (non-hydrogen) atoms. The Kier molecular flexibility index (Phi) is 25.2. The molecule has 0 heterocycles. The van der Waals surface area contributed by atoms with Crippen LogP contribution in [0.3, 0.4) is 0 Å². The largest absolute Gasteiger partial charge is 1.00 e. The van der Waals surface area contributed by atoms with Gasteiger partial charge < -0.3 is 24.8 Å². The minimum atomic E-state index is 0. The van der Waals surface area contributed by atoms with Crippen molar-refractivity contribution in [3.63, 3.8) is 0 Å². The van der Waals surface area contributed by atoms with Crippen LogP contribution in [0, 0.1) is 0 Å². The Morgan fingerprint density at radius 2 is 1.00 bits per heavy atom. The molecule has 0 saturated heterocycles. The summed E-state index contributed by atoms with van der Waals surface area (Å²) in [4.78, 5) is 0. The quantitative estimate of drug-likeness (QED) is 0.308. The fraction of sp³-hybridized carbons (Fsp3) is 1.00. The van der Waals surface area contributed by atoms with E-state index >= 15 is 0 Å². The van der Waals surface area contributed by atoms with Crippen molar-refractivity contribution >= 4 is 21.7 Å². The van der Waals surface area contributed by atoms with Crippen molar-refractivity contribution in [2.24, 2.45) is 0 Å². The Morgan fingerprint density at radius 3 is 1.00 bits per heavy atom. The fourth-order valence-corrected chi connectivity index (χ4v) is 0. The molecule has 4 heteroatoms. The molecule has 0 radical (unpaired) electrons. The van der Waals surface area contributed by atoms with Gasteiger partial charge in [-0.2, -0.15) is 0 Å². The van der Waals surface area contributed by atoms with Crippen molar-refractivity contribution in [2.75, 3.05) is 0 Å². The first-order valence-corrected chi connectivity index (χ1v) is 2.56. The van der Waals surface area contributed by atoms with Crippen LogP contribution in [0.1, 0.15) is 20.8 Å². The smallest absolute Gasteiger partial charge is 1.00 e. The Balaban J connectivity index is -0.0000000267. The SMILES string of the molecule is C[C](C)(C)[Mg+].[Cl-].[Cl-].[Li+]. The molecule has 0 atom stereocenters. The first-order valence-electron chi connectivity index (χ1n) is 1.85. The van der Waals surface area contributed by atoms with Crippen LogP contribution in [0.2, 0.25) is 3.54 Å². The van der Waals surface area contributed by atoms with Gasteiger partial charge in [0.05, 0.1) is 0 Å². The van der Waals surface area contributed by atoms with Gasteiger partial charge in [-0.3, -0.25) is 0 Å². The molecule has 0 unspecified atom stereocenters. The molecule has 0 saturated carbocycles. The van der Waals surface area contributed by atoms with Crippen molar-refractivity contribution in [3.05, 3.63) is 0 Å². The van der Waals surface area contributed by atoms with Gasteiger partial charge in [0.1, 0.15) is 0 Å². The summed E-state index contributed by atoms with van der Waals surface area (Å²) in [6.07, 6.45) is 0. The predicted octanol–water partition coefficient (Wildman–Crippen LogP) is -7.61. The molecule has 0 N–H and O–H groups in total. The molecule has 42 valence electrons. The van der Waals surface area contributed by atoms with Crippen LogP contribution in [-0.2, 0) is 0 Å². The van der Waals surface area contributed by atoms with E-state index in [0.29, 0.717) is 3.54 Å². The molecular weight excluding hydrogens is 150 g/mol. The monoisotopic (exact) mass is 158 g/mol. The average molecular weight is 159 g/mol. The molecule has 0 fully saturated rings. The van der Waals surface area contributed by atoms with Crippen molar-refractivity contribution in [3.8, 4) is 0 Å². The molecule has 0 aromatic rings. The Bertz CT molecular complexity index is 29.5. The number of hydrogen-bond donors (Lipinski definition) is 0. The summed E-state index contributed by atoms with van der Waals surface area (Å²) in [5, 5.41) is 0. The molecular formula is C4H9Cl2LiMg. The third kappa shape index (κ3) is 101. The molecule has 0 bridgehead atoms. The Hall–Kier alpha value is 1.94. The van der Waals surface area contributed by atoms with E-state index in [1.54, 1.807) is 0 Å². The van der Waals surface area contributed by atoms with Crippen LogP contribution in [0.5, 0.6) is 0 Å². The zero-order valence-corrected chi connectivity index (χ0v) is 8.89. The zero-order valence-electron chi connectivity index (χ0n) is 5.96. The van der Waals surface area contributed by atoms with Gasteiger partial charge in [-0.25, -0.2) is 0 Å². The van der Waals surface area contributed by atoms with Crippen LogP contribution in [0.25, 0.3) is 0 Å². The topological polar surface area (TPSA) is 0 Å². The van der Waals surface area contributed by atoms with E-state index in [4.69, 9.17) is 0 Å². The number of hydrogen-bond acceptors (Lipinski definition) is 0. The maximum atomic E-state index is 2.20. The van der Waals surface area contributed by atoms with Gasteiger partial charge in [0.2, 0.25) is 0 Å². The van der Waals surface area contributed by atoms with E-state index in [1.165, 1.54) is 0 Å². The third-order valence-corrected chi connectivity index (χ3v) is 0. The van der Waals surface area contributed by atoms with Gasteiger partial charge in [0.15, 0.2) is 0 Å². The van der Waals surface area contributed by atoms with Gasteiger partial charge >= 0.3 is 64.9 Å². The molecule has 0 spiro atoms. The first kappa shape index (κ1) is 22.5. The maximum absolute atomic E-state index is 2.20. The van der Waals surface area contributed by atoms with Gasteiger partial charge in [0, 0.05) is 0 Å². The second-order valence-corrected chi connectivity index (χ2v) is 4.68. The van der Waals surface area contributed by atoms with Crippen LogP contribution in [0.15, 0.2) is 0 Å². The van der Waals surface area contributed by atoms with Crippen molar-refractivity contribution in [1.82, 2.24) is 0 Å². The summed E-state index contributed by atoms with van der Waals surface area (Å²) < 4.78 is 0.528. The molecule has 0 aliphatic rings. The Morgan fingerprint density at radius 1 is 1.00 bits per heavy atom. The van der Waals surface area contributed by atoms with E-state index in [2.05, 4.69) is 20.8 Å². The third-order valence-electron chi connectivity index (χ3n) is 0. The maximum Gasteiger partial charge on any atom is 1.00 e. The first-order chi connectivity index (χ1) is 2.00. The van der Waals surface area contributed by atoms with Gasteiger partial charge in [-0.15, -0.1) is 0 Å². The van der Waals surface area contributed by atoms with E-state index in [9.17, 15) is 0 Å². The van der Waals surface area contributed by atoms with Gasteiger partial charge in [-0.1, -0.05) is 0 Å². The van der Waals surface area contributed by atoms with Crippen LogP contribution >= 0.6 is 0 Å². The minimum Gasteiger partial charge on any atom is -1.00 e. The molecule has 0 aromatic heterocycles. The predicted molar refractivity (Wildman–Crippen MR) is 25.5 cm³/mol. The summed E-state index contributed by atoms with van der Waals surface area (Å²) >= 11 is 2.01. The summed E-state index contributed by atoms with van der Waals surface area (Å²) in [5.74, 6) is 0. The fourth-order valence-electron chi connectivity index (χ4n) is 0. The molecule has 0 nitrogen and oxygen atoms in total. The van der Waals surface area contributed by atoms with E-state index < -0.39 is 0 Å². The minimum absolute atomic E-state index is 0. The zero-order chi connectivity index (χ0) is 4.50. The van der Waals surface area contributed by atoms with Gasteiger partial charge in [0.25, 0.3) is 0 Å². The Labute approximate surface area is 89.0 Å². The van der Waals surface area contributed by atoms with Crippen LogP contribution in [0.4, 0.5) is 0 Å². The normalized spacial score (nSPS) is 7.62. The average Bonchev–Trinajstić information content (AvgIpc) is 0.722. The summed E-state index contributed by atoms with van der Waals surface area (Å²) in [6, 6.07) is 0. The molecule has 0 amide bonds. The molecule has 0 aromatic carbocycles. The van der Waals surface area contributed by atoms with Crippen LogP contribution < -0.4 is 43.7 Å². The summed E-state index contributed by atoms with van der Waals surface area (Å²) in [5.41, 5.74) is 0. The summed E-state index contributed by atoms with van der Waals surface area (Å²) in [6.45, 7) is 6.60. The van der Waals surface area contributed by atoms with Crippen LogP contribution in [-0.4, -0.2) is 21.7 Å². The number of halogens is 2. The van der Waals surface area contributed by atoms with Crippen molar-refractivity contribution < 1.29 is 43.7 Å². The van der Waals surface area contributed by atoms with E-state index in [1.807, 2.05) is 21.7 Å². The second-order valence-electron chi connectivity index (χ2n) is 2.56. The van der Waals surface area contributed by atoms with Gasteiger partial charge in [-0.05, 0) is 0 Å². The van der Waals surface area contributed by atoms with Crippen molar-refractivity contribution in [1.29, 1.82) is 0 Å².